The zero-order valence-electron chi connectivity index (χ0n) is 7.68. The number of hydrogen-bond acceptors (Lipinski definition) is 4. The van der Waals surface area contributed by atoms with Crippen molar-refractivity contribution in [2.75, 3.05) is 13.2 Å². The van der Waals surface area contributed by atoms with Crippen LogP contribution in [0.3, 0.4) is 0 Å². The SMILES string of the molecule is NCC(CO)c1nccc2occc12. The lowest BCUT2D eigenvalue weighted by Gasteiger charge is -2.10. The maximum atomic E-state index is 9.13. The maximum absolute atomic E-state index is 9.13. The van der Waals surface area contributed by atoms with Crippen molar-refractivity contribution in [2.24, 2.45) is 5.73 Å². The first-order valence-corrected chi connectivity index (χ1v) is 4.50. The first kappa shape index (κ1) is 9.18. The van der Waals surface area contributed by atoms with E-state index in [1.807, 2.05) is 6.07 Å². The number of nitrogens with two attached hydrogens (primary N) is 1. The van der Waals surface area contributed by atoms with E-state index in [2.05, 4.69) is 4.98 Å². The smallest absolute Gasteiger partial charge is 0.137 e. The number of fused-ring (bicyclic) bond motifs is 1. The molecule has 4 heteroatoms. The Bertz CT molecular complexity index is 421. The minimum atomic E-state index is -0.115. The summed E-state index contributed by atoms with van der Waals surface area (Å²) < 4.78 is 5.24. The van der Waals surface area contributed by atoms with Crippen LogP contribution in [0, 0.1) is 0 Å². The molecule has 2 rings (SSSR count). The molecule has 0 fully saturated rings. The van der Waals surface area contributed by atoms with E-state index < -0.39 is 0 Å². The van der Waals surface area contributed by atoms with E-state index >= 15 is 0 Å². The molecule has 0 saturated heterocycles. The topological polar surface area (TPSA) is 72.3 Å². The van der Waals surface area contributed by atoms with Crippen LogP contribution in [0.2, 0.25) is 0 Å². The van der Waals surface area contributed by atoms with E-state index in [1.165, 1.54) is 0 Å². The van der Waals surface area contributed by atoms with Crippen molar-refractivity contribution in [1.29, 1.82) is 0 Å². The Hall–Kier alpha value is -1.39. The fourth-order valence-electron chi connectivity index (χ4n) is 1.51. The van der Waals surface area contributed by atoms with Crippen molar-refractivity contribution < 1.29 is 9.52 Å². The molecule has 2 heterocycles. The monoisotopic (exact) mass is 192 g/mol. The van der Waals surface area contributed by atoms with Crippen LogP contribution in [0.5, 0.6) is 0 Å². The molecule has 2 aromatic heterocycles. The maximum Gasteiger partial charge on any atom is 0.137 e. The molecule has 4 nitrogen and oxygen atoms in total. The molecule has 0 aliphatic carbocycles. The summed E-state index contributed by atoms with van der Waals surface area (Å²) in [5.41, 5.74) is 7.13. The van der Waals surface area contributed by atoms with Crippen molar-refractivity contribution in [3.05, 3.63) is 30.3 Å². The third-order valence-corrected chi connectivity index (χ3v) is 2.30. The molecule has 0 aliphatic rings. The standard InChI is InChI=1S/C10H12N2O2/c11-5-7(6-13)10-8-2-4-14-9(8)1-3-12-10/h1-4,7,13H,5-6,11H2. The van der Waals surface area contributed by atoms with Gasteiger partial charge in [0.25, 0.3) is 0 Å². The van der Waals surface area contributed by atoms with Crippen molar-refractivity contribution in [2.45, 2.75) is 5.92 Å². The number of pyridine rings is 1. The van der Waals surface area contributed by atoms with Gasteiger partial charge < -0.3 is 15.3 Å². The fourth-order valence-corrected chi connectivity index (χ4v) is 1.51. The van der Waals surface area contributed by atoms with Crippen LogP contribution >= 0.6 is 0 Å². The van der Waals surface area contributed by atoms with Crippen LogP contribution in [-0.2, 0) is 0 Å². The molecule has 14 heavy (non-hydrogen) atoms. The second kappa shape index (κ2) is 3.77. The number of aromatic nitrogens is 1. The van der Waals surface area contributed by atoms with E-state index in [9.17, 15) is 0 Å². The normalized spacial score (nSPS) is 13.3. The average molecular weight is 192 g/mol. The lowest BCUT2D eigenvalue weighted by molar-refractivity contribution is 0.266. The van der Waals surface area contributed by atoms with Crippen molar-refractivity contribution in [1.82, 2.24) is 4.98 Å². The average Bonchev–Trinajstić information content (AvgIpc) is 2.68. The molecule has 0 amide bonds. The summed E-state index contributed by atoms with van der Waals surface area (Å²) >= 11 is 0. The number of rotatable bonds is 3. The van der Waals surface area contributed by atoms with Gasteiger partial charge in [0.15, 0.2) is 0 Å². The zero-order valence-corrected chi connectivity index (χ0v) is 7.68. The predicted molar refractivity (Wildman–Crippen MR) is 52.9 cm³/mol. The summed E-state index contributed by atoms with van der Waals surface area (Å²) in [6.45, 7) is 0.390. The second-order valence-corrected chi connectivity index (χ2v) is 3.14. The highest BCUT2D eigenvalue weighted by molar-refractivity contribution is 5.79. The molecule has 0 radical (unpaired) electrons. The van der Waals surface area contributed by atoms with Gasteiger partial charge in [-0.05, 0) is 12.1 Å². The van der Waals surface area contributed by atoms with E-state index in [-0.39, 0.29) is 12.5 Å². The van der Waals surface area contributed by atoms with Crippen LogP contribution < -0.4 is 5.73 Å². The van der Waals surface area contributed by atoms with Gasteiger partial charge in [0, 0.05) is 24.0 Å². The Kier molecular flexibility index (Phi) is 2.47. The number of nitrogens with zero attached hydrogens (tertiary/aromatic N) is 1. The molecule has 74 valence electrons. The van der Waals surface area contributed by atoms with E-state index in [0.29, 0.717) is 6.54 Å². The first-order chi connectivity index (χ1) is 6.86. The van der Waals surface area contributed by atoms with Crippen molar-refractivity contribution >= 4 is 11.0 Å². The summed E-state index contributed by atoms with van der Waals surface area (Å²) in [4.78, 5) is 4.22. The number of aliphatic hydroxyl groups excluding tert-OH is 1. The minimum absolute atomic E-state index is 0.00773. The lowest BCUT2D eigenvalue weighted by atomic mass is 10.0. The van der Waals surface area contributed by atoms with Crippen LogP contribution in [0.15, 0.2) is 29.0 Å². The number of furan rings is 1. The van der Waals surface area contributed by atoms with Gasteiger partial charge in [0.05, 0.1) is 18.6 Å². The molecule has 0 saturated carbocycles. The summed E-state index contributed by atoms with van der Waals surface area (Å²) in [6.07, 6.45) is 3.28. The van der Waals surface area contributed by atoms with Gasteiger partial charge in [-0.3, -0.25) is 4.98 Å². The van der Waals surface area contributed by atoms with Gasteiger partial charge >= 0.3 is 0 Å². The molecule has 0 aliphatic heterocycles. The van der Waals surface area contributed by atoms with Gasteiger partial charge in [-0.15, -0.1) is 0 Å². The summed E-state index contributed by atoms with van der Waals surface area (Å²) in [6, 6.07) is 3.64. The molecule has 1 unspecified atom stereocenters. The van der Waals surface area contributed by atoms with Crippen LogP contribution in [-0.4, -0.2) is 23.2 Å². The highest BCUT2D eigenvalue weighted by Gasteiger charge is 2.14. The third kappa shape index (κ3) is 1.38. The Labute approximate surface area is 81.4 Å². The largest absolute Gasteiger partial charge is 0.464 e. The van der Waals surface area contributed by atoms with Gasteiger partial charge in [-0.1, -0.05) is 0 Å². The number of aliphatic hydroxyl groups is 1. The Morgan fingerprint density at radius 2 is 2.36 bits per heavy atom. The Morgan fingerprint density at radius 1 is 1.50 bits per heavy atom. The van der Waals surface area contributed by atoms with Crippen LogP contribution in [0.1, 0.15) is 11.6 Å². The quantitative estimate of drug-likeness (QED) is 0.756. The van der Waals surface area contributed by atoms with E-state index in [4.69, 9.17) is 15.3 Å². The van der Waals surface area contributed by atoms with Crippen LogP contribution in [0.25, 0.3) is 11.0 Å². The molecule has 1 atom stereocenters. The van der Waals surface area contributed by atoms with Gasteiger partial charge in [0.2, 0.25) is 0 Å². The third-order valence-electron chi connectivity index (χ3n) is 2.30. The van der Waals surface area contributed by atoms with Gasteiger partial charge in [-0.2, -0.15) is 0 Å². The Balaban J connectivity index is 2.54. The van der Waals surface area contributed by atoms with E-state index in [1.54, 1.807) is 18.5 Å². The van der Waals surface area contributed by atoms with E-state index in [0.717, 1.165) is 16.7 Å². The van der Waals surface area contributed by atoms with Crippen LogP contribution in [0.4, 0.5) is 0 Å². The van der Waals surface area contributed by atoms with Gasteiger partial charge in [0.1, 0.15) is 5.58 Å². The van der Waals surface area contributed by atoms with Crippen molar-refractivity contribution in [3.63, 3.8) is 0 Å². The zero-order chi connectivity index (χ0) is 9.97. The summed E-state index contributed by atoms with van der Waals surface area (Å²) in [5.74, 6) is -0.115. The predicted octanol–water partition coefficient (Wildman–Crippen LogP) is 0.862. The molecule has 2 aromatic rings. The highest BCUT2D eigenvalue weighted by atomic mass is 16.3. The second-order valence-electron chi connectivity index (χ2n) is 3.14. The van der Waals surface area contributed by atoms with Gasteiger partial charge in [-0.25, -0.2) is 0 Å². The summed E-state index contributed by atoms with van der Waals surface area (Å²) in [5, 5.41) is 10.1. The summed E-state index contributed by atoms with van der Waals surface area (Å²) in [7, 11) is 0. The van der Waals surface area contributed by atoms with Crippen molar-refractivity contribution in [3.8, 4) is 0 Å². The molecule has 0 bridgehead atoms. The molecular formula is C10H12N2O2. The Morgan fingerprint density at radius 3 is 3.07 bits per heavy atom. The minimum Gasteiger partial charge on any atom is -0.464 e. The molecule has 0 aromatic carbocycles. The lowest BCUT2D eigenvalue weighted by Crippen LogP contribution is -2.17. The molecule has 3 N–H and O–H groups in total. The first-order valence-electron chi connectivity index (χ1n) is 4.50. The highest BCUT2D eigenvalue weighted by Crippen LogP contribution is 2.23. The molecular weight excluding hydrogens is 180 g/mol. The fraction of sp³-hybridized carbons (Fsp3) is 0.300. The number of hydrogen-bond donors (Lipinski definition) is 2. The molecule has 0 spiro atoms.